The Morgan fingerprint density at radius 1 is 1.31 bits per heavy atom. The van der Waals surface area contributed by atoms with Gasteiger partial charge in [0.05, 0.1) is 6.67 Å². The first-order chi connectivity index (χ1) is 6.34. The molecule has 0 saturated heterocycles. The maximum Gasteiger partial charge on any atom is 0.0870 e. The van der Waals surface area contributed by atoms with E-state index in [1.807, 2.05) is 6.20 Å². The third kappa shape index (κ3) is 2.02. The van der Waals surface area contributed by atoms with Crippen LogP contribution in [0.1, 0.15) is 11.1 Å². The van der Waals surface area contributed by atoms with E-state index in [2.05, 4.69) is 47.6 Å². The molecule has 0 aromatic heterocycles. The van der Waals surface area contributed by atoms with Crippen molar-refractivity contribution in [3.05, 3.63) is 47.8 Å². The Morgan fingerprint density at radius 3 is 2.69 bits per heavy atom. The summed E-state index contributed by atoms with van der Waals surface area (Å²) in [5.74, 6) is 0. The van der Waals surface area contributed by atoms with Crippen LogP contribution in [0.2, 0.25) is 0 Å². The Kier molecular flexibility index (Phi) is 2.21. The highest BCUT2D eigenvalue weighted by atomic mass is 15.2. The SMILES string of the molecule is Cc1ccc(CN2C=CNC2)cc1. The summed E-state index contributed by atoms with van der Waals surface area (Å²) in [5.41, 5.74) is 2.68. The molecule has 0 bridgehead atoms. The van der Waals surface area contributed by atoms with Gasteiger partial charge in [-0.15, -0.1) is 0 Å². The second-order valence-electron chi connectivity index (χ2n) is 3.41. The van der Waals surface area contributed by atoms with E-state index in [0.29, 0.717) is 0 Å². The average molecular weight is 174 g/mol. The molecule has 1 aromatic rings. The molecule has 1 aliphatic rings. The summed E-state index contributed by atoms with van der Waals surface area (Å²) in [6, 6.07) is 8.67. The zero-order chi connectivity index (χ0) is 9.10. The number of aryl methyl sites for hydroxylation is 1. The highest BCUT2D eigenvalue weighted by Crippen LogP contribution is 2.07. The maximum absolute atomic E-state index is 3.15. The van der Waals surface area contributed by atoms with Gasteiger partial charge in [0.1, 0.15) is 0 Å². The van der Waals surface area contributed by atoms with Crippen LogP contribution in [0.3, 0.4) is 0 Å². The second-order valence-corrected chi connectivity index (χ2v) is 3.41. The first-order valence-corrected chi connectivity index (χ1v) is 4.54. The highest BCUT2D eigenvalue weighted by Gasteiger charge is 2.03. The first-order valence-electron chi connectivity index (χ1n) is 4.54. The van der Waals surface area contributed by atoms with Crippen LogP contribution in [0.25, 0.3) is 0 Å². The fourth-order valence-electron chi connectivity index (χ4n) is 1.42. The van der Waals surface area contributed by atoms with Gasteiger partial charge >= 0.3 is 0 Å². The lowest BCUT2D eigenvalue weighted by molar-refractivity contribution is 0.385. The Bertz CT molecular complexity index is 300. The molecule has 13 heavy (non-hydrogen) atoms. The molecule has 68 valence electrons. The van der Waals surface area contributed by atoms with Crippen molar-refractivity contribution in [2.45, 2.75) is 13.5 Å². The number of hydrogen-bond donors (Lipinski definition) is 1. The summed E-state index contributed by atoms with van der Waals surface area (Å²) in [6.07, 6.45) is 4.06. The maximum atomic E-state index is 3.15. The van der Waals surface area contributed by atoms with Crippen LogP contribution in [-0.2, 0) is 6.54 Å². The topological polar surface area (TPSA) is 15.3 Å². The molecule has 0 amide bonds. The van der Waals surface area contributed by atoms with Gasteiger partial charge in [0, 0.05) is 18.9 Å². The van der Waals surface area contributed by atoms with Crippen molar-refractivity contribution in [2.75, 3.05) is 6.67 Å². The predicted octanol–water partition coefficient (Wildman–Crippen LogP) is 1.83. The molecular weight excluding hydrogens is 160 g/mol. The van der Waals surface area contributed by atoms with E-state index in [1.165, 1.54) is 11.1 Å². The molecule has 2 heteroatoms. The molecule has 0 unspecified atom stereocenters. The van der Waals surface area contributed by atoms with Crippen LogP contribution in [-0.4, -0.2) is 11.6 Å². The van der Waals surface area contributed by atoms with Crippen molar-refractivity contribution in [3.63, 3.8) is 0 Å². The van der Waals surface area contributed by atoms with E-state index < -0.39 is 0 Å². The van der Waals surface area contributed by atoms with E-state index in [9.17, 15) is 0 Å². The van der Waals surface area contributed by atoms with Gasteiger partial charge in [-0.3, -0.25) is 0 Å². The molecule has 1 aromatic carbocycles. The van der Waals surface area contributed by atoms with Gasteiger partial charge in [-0.1, -0.05) is 29.8 Å². The lowest BCUT2D eigenvalue weighted by atomic mass is 10.1. The number of nitrogens with one attached hydrogen (secondary N) is 1. The van der Waals surface area contributed by atoms with Crippen LogP contribution < -0.4 is 5.32 Å². The lowest BCUT2D eigenvalue weighted by Crippen LogP contribution is -2.19. The zero-order valence-corrected chi connectivity index (χ0v) is 7.83. The molecule has 1 N–H and O–H groups in total. The Morgan fingerprint density at radius 2 is 2.08 bits per heavy atom. The Balaban J connectivity index is 2.01. The summed E-state index contributed by atoms with van der Waals surface area (Å²) in [4.78, 5) is 2.24. The Labute approximate surface area is 78.9 Å². The molecule has 0 aliphatic carbocycles. The number of nitrogens with zero attached hydrogens (tertiary/aromatic N) is 1. The Hall–Kier alpha value is -1.44. The third-order valence-electron chi connectivity index (χ3n) is 2.20. The molecule has 1 heterocycles. The molecule has 0 atom stereocenters. The van der Waals surface area contributed by atoms with Gasteiger partial charge in [-0.05, 0) is 12.5 Å². The smallest absolute Gasteiger partial charge is 0.0870 e. The van der Waals surface area contributed by atoms with Crippen molar-refractivity contribution >= 4 is 0 Å². The minimum Gasteiger partial charge on any atom is -0.373 e. The minimum absolute atomic E-state index is 0.924. The summed E-state index contributed by atoms with van der Waals surface area (Å²) < 4.78 is 0. The molecule has 0 spiro atoms. The van der Waals surface area contributed by atoms with E-state index in [1.54, 1.807) is 0 Å². The normalized spacial score (nSPS) is 14.7. The summed E-state index contributed by atoms with van der Waals surface area (Å²) in [7, 11) is 0. The van der Waals surface area contributed by atoms with Crippen LogP contribution in [0.4, 0.5) is 0 Å². The summed E-state index contributed by atoms with van der Waals surface area (Å²) in [5, 5.41) is 3.15. The van der Waals surface area contributed by atoms with Crippen LogP contribution in [0, 0.1) is 6.92 Å². The third-order valence-corrected chi connectivity index (χ3v) is 2.20. The molecule has 0 saturated carbocycles. The first kappa shape index (κ1) is 8.17. The van der Waals surface area contributed by atoms with Gasteiger partial charge in [0.15, 0.2) is 0 Å². The fraction of sp³-hybridized carbons (Fsp3) is 0.273. The summed E-state index contributed by atoms with van der Waals surface area (Å²) >= 11 is 0. The largest absolute Gasteiger partial charge is 0.373 e. The van der Waals surface area contributed by atoms with Crippen LogP contribution in [0.5, 0.6) is 0 Å². The highest BCUT2D eigenvalue weighted by molar-refractivity contribution is 5.21. The van der Waals surface area contributed by atoms with Crippen LogP contribution in [0.15, 0.2) is 36.7 Å². The number of hydrogen-bond acceptors (Lipinski definition) is 2. The summed E-state index contributed by atoms with van der Waals surface area (Å²) in [6.45, 7) is 4.03. The molecule has 1 aliphatic heterocycles. The molecular formula is C11H14N2. The van der Waals surface area contributed by atoms with Gasteiger partial charge in [0.25, 0.3) is 0 Å². The standard InChI is InChI=1S/C11H14N2/c1-10-2-4-11(5-3-10)8-13-7-6-12-9-13/h2-7,12H,8-9H2,1H3. The number of rotatable bonds is 2. The number of benzene rings is 1. The fourth-order valence-corrected chi connectivity index (χ4v) is 1.42. The van der Waals surface area contributed by atoms with E-state index in [0.717, 1.165) is 13.2 Å². The van der Waals surface area contributed by atoms with Crippen LogP contribution >= 0.6 is 0 Å². The zero-order valence-electron chi connectivity index (χ0n) is 7.83. The molecule has 2 nitrogen and oxygen atoms in total. The van der Waals surface area contributed by atoms with Gasteiger partial charge in [-0.2, -0.15) is 0 Å². The van der Waals surface area contributed by atoms with Crippen molar-refractivity contribution in [1.82, 2.24) is 10.2 Å². The monoisotopic (exact) mass is 174 g/mol. The van der Waals surface area contributed by atoms with Crippen molar-refractivity contribution in [2.24, 2.45) is 0 Å². The van der Waals surface area contributed by atoms with E-state index in [4.69, 9.17) is 0 Å². The minimum atomic E-state index is 0.924. The quantitative estimate of drug-likeness (QED) is 0.735. The van der Waals surface area contributed by atoms with Gasteiger partial charge in [0.2, 0.25) is 0 Å². The van der Waals surface area contributed by atoms with Gasteiger partial charge < -0.3 is 10.2 Å². The van der Waals surface area contributed by atoms with E-state index in [-0.39, 0.29) is 0 Å². The van der Waals surface area contributed by atoms with E-state index >= 15 is 0 Å². The predicted molar refractivity (Wildman–Crippen MR) is 53.9 cm³/mol. The van der Waals surface area contributed by atoms with Crippen molar-refractivity contribution in [1.29, 1.82) is 0 Å². The molecule has 2 rings (SSSR count). The average Bonchev–Trinajstić information content (AvgIpc) is 2.62. The lowest BCUT2D eigenvalue weighted by Gasteiger charge is -2.14. The molecule has 0 fully saturated rings. The van der Waals surface area contributed by atoms with Gasteiger partial charge in [-0.25, -0.2) is 0 Å². The second kappa shape index (κ2) is 3.52. The van der Waals surface area contributed by atoms with Crippen molar-refractivity contribution < 1.29 is 0 Å². The molecule has 0 radical (unpaired) electrons. The van der Waals surface area contributed by atoms with Crippen molar-refractivity contribution in [3.8, 4) is 0 Å².